The quantitative estimate of drug-likeness (QED) is 0.402. The Kier molecular flexibility index (Phi) is 8.09. The van der Waals surface area contributed by atoms with E-state index in [0.717, 1.165) is 36.9 Å². The van der Waals surface area contributed by atoms with Crippen molar-refractivity contribution in [1.82, 2.24) is 19.7 Å². The SMILES string of the molecule is CCC(CC)COC(=O)CN[P+](=O)OC[C@@H]1CCC(c2ccc3c(N)ncnn23)O1. The van der Waals surface area contributed by atoms with E-state index in [9.17, 15) is 9.36 Å². The van der Waals surface area contributed by atoms with E-state index in [1.807, 2.05) is 12.1 Å². The van der Waals surface area contributed by atoms with Crippen LogP contribution in [0.1, 0.15) is 51.3 Å². The number of carbonyl (C=O) groups excluding carboxylic acids is 1. The van der Waals surface area contributed by atoms with Crippen LogP contribution in [0.5, 0.6) is 0 Å². The van der Waals surface area contributed by atoms with Gasteiger partial charge in [-0.25, -0.2) is 9.50 Å². The molecule has 0 radical (unpaired) electrons. The average Bonchev–Trinajstić information content (AvgIpc) is 3.39. The predicted molar refractivity (Wildman–Crippen MR) is 111 cm³/mol. The molecule has 0 saturated carbocycles. The normalized spacial score (nSPS) is 19.5. The van der Waals surface area contributed by atoms with Crippen LogP contribution in [-0.4, -0.2) is 46.4 Å². The van der Waals surface area contributed by atoms with Crippen molar-refractivity contribution in [2.24, 2.45) is 5.92 Å². The molecular formula is C19H29N5O5P+. The molecule has 0 bridgehead atoms. The first-order chi connectivity index (χ1) is 14.5. The zero-order valence-electron chi connectivity index (χ0n) is 17.3. The molecule has 2 unspecified atom stereocenters. The first-order valence-electron chi connectivity index (χ1n) is 10.2. The maximum absolute atomic E-state index is 12.0. The minimum Gasteiger partial charge on any atom is -0.464 e. The van der Waals surface area contributed by atoms with Crippen LogP contribution in [0.4, 0.5) is 5.82 Å². The second kappa shape index (κ2) is 10.8. The number of carbonyl (C=O) groups is 1. The minimum absolute atomic E-state index is 0.152. The summed E-state index contributed by atoms with van der Waals surface area (Å²) < 4.78 is 30.3. The zero-order chi connectivity index (χ0) is 21.5. The third kappa shape index (κ3) is 5.72. The molecule has 10 nitrogen and oxygen atoms in total. The van der Waals surface area contributed by atoms with Crippen LogP contribution in [0.15, 0.2) is 18.5 Å². The molecule has 2 aromatic rings. The smallest absolute Gasteiger partial charge is 0.464 e. The summed E-state index contributed by atoms with van der Waals surface area (Å²) in [4.78, 5) is 15.7. The van der Waals surface area contributed by atoms with E-state index in [2.05, 4.69) is 29.0 Å². The summed E-state index contributed by atoms with van der Waals surface area (Å²) in [5.41, 5.74) is 7.50. The van der Waals surface area contributed by atoms with E-state index >= 15 is 0 Å². The van der Waals surface area contributed by atoms with Crippen LogP contribution in [0.3, 0.4) is 0 Å². The molecule has 1 aliphatic heterocycles. The van der Waals surface area contributed by atoms with Gasteiger partial charge in [0.1, 0.15) is 31.1 Å². The Labute approximate surface area is 176 Å². The van der Waals surface area contributed by atoms with Gasteiger partial charge in [-0.1, -0.05) is 31.8 Å². The standard InChI is InChI=1S/C19H29N5O5P/c1-3-13(4-2)10-27-18(25)9-23-30(26)28-11-14-5-8-17(29-14)15-6-7-16-19(20)21-12-22-24(15)16/h6-7,12-14,17H,3-5,8-11H2,1-2H3,(H,23,26)(H2,20,21,22)/q+1/t14-,17?/m0/s1. The van der Waals surface area contributed by atoms with Crippen LogP contribution < -0.4 is 10.8 Å². The molecule has 3 atom stereocenters. The first kappa shape index (κ1) is 22.6. The maximum Gasteiger partial charge on any atom is 0.613 e. The predicted octanol–water partition coefficient (Wildman–Crippen LogP) is 2.77. The van der Waals surface area contributed by atoms with E-state index in [1.165, 1.54) is 6.33 Å². The van der Waals surface area contributed by atoms with Crippen LogP contribution >= 0.6 is 8.18 Å². The highest BCUT2D eigenvalue weighted by Crippen LogP contribution is 2.34. The number of rotatable bonds is 11. The molecule has 0 aromatic carbocycles. The van der Waals surface area contributed by atoms with E-state index in [4.69, 9.17) is 19.7 Å². The molecular weight excluding hydrogens is 409 g/mol. The molecule has 0 amide bonds. The lowest BCUT2D eigenvalue weighted by Gasteiger charge is -2.12. The number of nitrogen functional groups attached to an aromatic ring is 1. The molecule has 11 heteroatoms. The summed E-state index contributed by atoms with van der Waals surface area (Å²) >= 11 is 0. The highest BCUT2D eigenvalue weighted by molar-refractivity contribution is 7.36. The number of nitrogens with zero attached hydrogens (tertiary/aromatic N) is 3. The molecule has 3 N–H and O–H groups in total. The zero-order valence-corrected chi connectivity index (χ0v) is 18.2. The van der Waals surface area contributed by atoms with Crippen molar-refractivity contribution in [1.29, 1.82) is 0 Å². The highest BCUT2D eigenvalue weighted by atomic mass is 31.1. The number of aromatic nitrogens is 3. The van der Waals surface area contributed by atoms with Gasteiger partial charge in [0, 0.05) is 0 Å². The fraction of sp³-hybridized carbons (Fsp3) is 0.632. The lowest BCUT2D eigenvalue weighted by molar-refractivity contribution is -0.143. The van der Waals surface area contributed by atoms with Gasteiger partial charge in [0.15, 0.2) is 5.82 Å². The van der Waals surface area contributed by atoms with Gasteiger partial charge < -0.3 is 15.2 Å². The van der Waals surface area contributed by atoms with E-state index in [0.29, 0.717) is 18.3 Å². The van der Waals surface area contributed by atoms with E-state index < -0.39 is 14.1 Å². The molecule has 164 valence electrons. The van der Waals surface area contributed by atoms with Crippen molar-refractivity contribution in [2.45, 2.75) is 51.7 Å². The van der Waals surface area contributed by atoms with Gasteiger partial charge in [-0.3, -0.25) is 4.79 Å². The van der Waals surface area contributed by atoms with Crippen LogP contribution in [0.2, 0.25) is 0 Å². The second-order valence-electron chi connectivity index (χ2n) is 7.28. The fourth-order valence-corrected chi connectivity index (χ4v) is 4.03. The van der Waals surface area contributed by atoms with Gasteiger partial charge in [-0.05, 0) is 35.5 Å². The van der Waals surface area contributed by atoms with Crippen LogP contribution in [-0.2, 0) is 23.4 Å². The summed E-state index contributed by atoms with van der Waals surface area (Å²) in [5, 5.41) is 6.79. The van der Waals surface area contributed by atoms with Crippen molar-refractivity contribution < 1.29 is 23.4 Å². The monoisotopic (exact) mass is 438 g/mol. The maximum atomic E-state index is 12.0. The Morgan fingerprint density at radius 1 is 1.40 bits per heavy atom. The number of hydrogen-bond acceptors (Lipinski definition) is 8. The summed E-state index contributed by atoms with van der Waals surface area (Å²) in [6.45, 7) is 4.52. The summed E-state index contributed by atoms with van der Waals surface area (Å²) in [6.07, 6.45) is 4.53. The average molecular weight is 438 g/mol. The van der Waals surface area contributed by atoms with Crippen molar-refractivity contribution in [3.05, 3.63) is 24.2 Å². The van der Waals surface area contributed by atoms with Crippen molar-refractivity contribution >= 4 is 25.5 Å². The minimum atomic E-state index is -2.18. The largest absolute Gasteiger partial charge is 0.613 e. The Morgan fingerprint density at radius 2 is 2.20 bits per heavy atom. The number of nitrogens with two attached hydrogens (primary N) is 1. The topological polar surface area (TPSA) is 130 Å². The van der Waals surface area contributed by atoms with Crippen LogP contribution in [0, 0.1) is 5.92 Å². The van der Waals surface area contributed by atoms with E-state index in [-0.39, 0.29) is 25.4 Å². The van der Waals surface area contributed by atoms with E-state index in [1.54, 1.807) is 4.52 Å². The molecule has 1 aliphatic rings. The number of nitrogens with one attached hydrogen (secondary N) is 1. The Morgan fingerprint density at radius 3 is 2.97 bits per heavy atom. The molecule has 1 saturated heterocycles. The van der Waals surface area contributed by atoms with Gasteiger partial charge in [0.25, 0.3) is 0 Å². The van der Waals surface area contributed by atoms with Gasteiger partial charge >= 0.3 is 14.1 Å². The molecule has 3 rings (SSSR count). The van der Waals surface area contributed by atoms with Crippen molar-refractivity contribution in [3.8, 4) is 0 Å². The van der Waals surface area contributed by atoms with Crippen molar-refractivity contribution in [2.75, 3.05) is 25.5 Å². The van der Waals surface area contributed by atoms with Crippen molar-refractivity contribution in [3.63, 3.8) is 0 Å². The molecule has 2 aromatic heterocycles. The summed E-state index contributed by atoms with van der Waals surface area (Å²) in [7, 11) is -2.18. The number of esters is 1. The molecule has 30 heavy (non-hydrogen) atoms. The Balaban J connectivity index is 1.39. The molecule has 0 aliphatic carbocycles. The first-order valence-corrected chi connectivity index (χ1v) is 11.4. The summed E-state index contributed by atoms with van der Waals surface area (Å²) in [6, 6.07) is 3.78. The Hall–Kier alpha value is -2.13. The lowest BCUT2D eigenvalue weighted by Crippen LogP contribution is -2.23. The second-order valence-corrected chi connectivity index (χ2v) is 8.37. The summed E-state index contributed by atoms with van der Waals surface area (Å²) in [5.74, 6) is 0.329. The van der Waals surface area contributed by atoms with Crippen LogP contribution in [0.25, 0.3) is 5.52 Å². The lowest BCUT2D eigenvalue weighted by atomic mass is 10.1. The number of anilines is 1. The molecule has 1 fully saturated rings. The van der Waals surface area contributed by atoms with Gasteiger partial charge in [-0.2, -0.15) is 5.10 Å². The molecule has 3 heterocycles. The number of ether oxygens (including phenoxy) is 2. The third-order valence-electron chi connectivity index (χ3n) is 5.31. The number of fused-ring (bicyclic) bond motifs is 1. The highest BCUT2D eigenvalue weighted by Gasteiger charge is 2.32. The van der Waals surface area contributed by atoms with Gasteiger partial charge in [0.05, 0.1) is 18.4 Å². The van der Waals surface area contributed by atoms with Gasteiger partial charge in [-0.15, -0.1) is 4.52 Å². The fourth-order valence-electron chi connectivity index (χ4n) is 3.37. The van der Waals surface area contributed by atoms with Gasteiger partial charge in [0.2, 0.25) is 0 Å². The molecule has 0 spiro atoms. The third-order valence-corrected chi connectivity index (χ3v) is 6.11. The Bertz CT molecular complexity index is 872. The number of hydrogen-bond donors (Lipinski definition) is 2.